The van der Waals surface area contributed by atoms with Crippen LogP contribution in [0.5, 0.6) is 5.75 Å². The third-order valence-corrected chi connectivity index (χ3v) is 7.12. The first-order valence-corrected chi connectivity index (χ1v) is 12.4. The largest absolute Gasteiger partial charge is 0.436 e. The quantitative estimate of drug-likeness (QED) is 0.206. The summed E-state index contributed by atoms with van der Waals surface area (Å²) in [5.74, 6) is 0.541. The number of alkyl halides is 2. The number of nitrogens with one attached hydrogen (secondary N) is 1. The Morgan fingerprint density at radius 3 is 2.86 bits per heavy atom. The maximum absolute atomic E-state index is 14.4. The van der Waals surface area contributed by atoms with Crippen LogP contribution in [0.2, 0.25) is 0 Å². The Morgan fingerprint density at radius 1 is 1.27 bits per heavy atom. The topological polar surface area (TPSA) is 147 Å². The number of carbonyl (C=O) groups excluding carboxylic acids is 1. The lowest BCUT2D eigenvalue weighted by molar-refractivity contribution is -0.167. The molecule has 1 fully saturated rings. The summed E-state index contributed by atoms with van der Waals surface area (Å²) in [7, 11) is -2.01. The van der Waals surface area contributed by atoms with Gasteiger partial charge >= 0.3 is 8.53 Å². The molecule has 2 aromatic carbocycles. The Morgan fingerprint density at radius 2 is 2.08 bits per heavy atom. The fourth-order valence-corrected chi connectivity index (χ4v) is 5.19. The SMILES string of the molecule is Nc1ncnc2c1ncn2C1OC(COP(NCC=O)Oc2ccc3ccccc3c2)(C(F)F)CC1O. The van der Waals surface area contributed by atoms with E-state index in [0.29, 0.717) is 12.0 Å². The van der Waals surface area contributed by atoms with Gasteiger partial charge in [-0.05, 0) is 22.9 Å². The van der Waals surface area contributed by atoms with Gasteiger partial charge in [-0.3, -0.25) is 4.57 Å². The molecule has 0 bridgehead atoms. The summed E-state index contributed by atoms with van der Waals surface area (Å²) >= 11 is 0. The van der Waals surface area contributed by atoms with Crippen molar-refractivity contribution in [3.05, 3.63) is 55.1 Å². The van der Waals surface area contributed by atoms with Crippen LogP contribution in [-0.2, 0) is 14.1 Å². The molecule has 37 heavy (non-hydrogen) atoms. The predicted octanol–water partition coefficient (Wildman–Crippen LogP) is 2.96. The molecule has 0 aliphatic carbocycles. The number of benzene rings is 2. The van der Waals surface area contributed by atoms with Gasteiger partial charge in [0.05, 0.1) is 19.5 Å². The van der Waals surface area contributed by atoms with Crippen molar-refractivity contribution in [2.45, 2.75) is 30.8 Å². The number of fused-ring (bicyclic) bond motifs is 2. The molecule has 2 aromatic heterocycles. The number of hydrogen-bond donors (Lipinski definition) is 3. The Kier molecular flexibility index (Phi) is 7.22. The van der Waals surface area contributed by atoms with E-state index in [1.165, 1.54) is 17.2 Å². The first-order chi connectivity index (χ1) is 17.9. The Bertz CT molecular complexity index is 1410. The van der Waals surface area contributed by atoms with Crippen LogP contribution in [0.3, 0.4) is 0 Å². The Labute approximate surface area is 210 Å². The molecule has 0 radical (unpaired) electrons. The Balaban J connectivity index is 1.34. The number of rotatable bonds is 10. The number of nitrogen functional groups attached to an aromatic ring is 1. The van der Waals surface area contributed by atoms with E-state index in [0.717, 1.165) is 10.8 Å². The van der Waals surface area contributed by atoms with Crippen molar-refractivity contribution in [3.8, 4) is 5.75 Å². The molecule has 4 atom stereocenters. The first-order valence-electron chi connectivity index (χ1n) is 11.2. The summed E-state index contributed by atoms with van der Waals surface area (Å²) in [5, 5.41) is 15.4. The van der Waals surface area contributed by atoms with Crippen LogP contribution >= 0.6 is 8.53 Å². The fraction of sp³-hybridized carbons (Fsp3) is 0.304. The molecule has 0 spiro atoms. The van der Waals surface area contributed by atoms with Crippen molar-refractivity contribution >= 4 is 42.6 Å². The number of hydrogen-bond acceptors (Lipinski definition) is 10. The lowest BCUT2D eigenvalue weighted by atomic mass is 10.0. The van der Waals surface area contributed by atoms with Crippen LogP contribution in [-0.4, -0.2) is 62.2 Å². The molecule has 4 aromatic rings. The number of carbonyl (C=O) groups is 1. The molecule has 4 N–H and O–H groups in total. The van der Waals surface area contributed by atoms with E-state index in [-0.39, 0.29) is 23.5 Å². The van der Waals surface area contributed by atoms with Crippen LogP contribution in [0.15, 0.2) is 55.1 Å². The molecular formula is C23H23F2N6O5P. The van der Waals surface area contributed by atoms with Crippen LogP contribution in [0.4, 0.5) is 14.6 Å². The van der Waals surface area contributed by atoms with Gasteiger partial charge in [-0.15, -0.1) is 0 Å². The van der Waals surface area contributed by atoms with Crippen molar-refractivity contribution < 1.29 is 32.5 Å². The average Bonchev–Trinajstić information content (AvgIpc) is 3.48. The minimum absolute atomic E-state index is 0.109. The molecule has 3 heterocycles. The third-order valence-electron chi connectivity index (χ3n) is 5.94. The van der Waals surface area contributed by atoms with Crippen LogP contribution < -0.4 is 15.3 Å². The predicted molar refractivity (Wildman–Crippen MR) is 131 cm³/mol. The number of aldehydes is 1. The molecule has 194 valence electrons. The monoisotopic (exact) mass is 532 g/mol. The van der Waals surface area contributed by atoms with E-state index in [1.54, 1.807) is 12.1 Å². The molecule has 0 amide bonds. The summed E-state index contributed by atoms with van der Waals surface area (Å²) in [6.45, 7) is -0.734. The van der Waals surface area contributed by atoms with Gasteiger partial charge in [-0.1, -0.05) is 30.3 Å². The lowest BCUT2D eigenvalue weighted by Gasteiger charge is -2.29. The molecule has 11 nitrogen and oxygen atoms in total. The van der Waals surface area contributed by atoms with Crippen LogP contribution in [0.25, 0.3) is 21.9 Å². The number of aromatic nitrogens is 4. The van der Waals surface area contributed by atoms with Crippen molar-refractivity contribution in [3.63, 3.8) is 0 Å². The fourth-order valence-electron chi connectivity index (χ4n) is 4.12. The second-order valence-corrected chi connectivity index (χ2v) is 9.66. The molecule has 5 rings (SSSR count). The van der Waals surface area contributed by atoms with Crippen LogP contribution in [0.1, 0.15) is 12.6 Å². The van der Waals surface area contributed by atoms with Gasteiger partial charge in [0.15, 0.2) is 23.3 Å². The summed E-state index contributed by atoms with van der Waals surface area (Å²) in [6, 6.07) is 13.0. The van der Waals surface area contributed by atoms with Gasteiger partial charge in [-0.2, -0.15) is 0 Å². The highest BCUT2D eigenvalue weighted by Crippen LogP contribution is 2.45. The number of halogens is 2. The smallest absolute Gasteiger partial charge is 0.318 e. The lowest BCUT2D eigenvalue weighted by Crippen LogP contribution is -2.42. The van der Waals surface area contributed by atoms with Crippen molar-refractivity contribution in [2.75, 3.05) is 18.9 Å². The van der Waals surface area contributed by atoms with Gasteiger partial charge in [-0.25, -0.2) is 28.8 Å². The number of aliphatic hydroxyl groups excluding tert-OH is 1. The highest BCUT2D eigenvalue weighted by atomic mass is 31.2. The number of aliphatic hydroxyl groups is 1. The normalized spacial score (nSPS) is 22.6. The highest BCUT2D eigenvalue weighted by molar-refractivity contribution is 7.45. The molecule has 1 saturated heterocycles. The summed E-state index contributed by atoms with van der Waals surface area (Å²) in [6.07, 6.45) is -2.86. The zero-order valence-electron chi connectivity index (χ0n) is 19.3. The van der Waals surface area contributed by atoms with E-state index in [9.17, 15) is 18.7 Å². The number of nitrogens with zero attached hydrogens (tertiary/aromatic N) is 4. The number of imidazole rings is 1. The summed E-state index contributed by atoms with van der Waals surface area (Å²) in [4.78, 5) is 23.0. The zero-order chi connectivity index (χ0) is 26.0. The third kappa shape index (κ3) is 5.09. The number of ether oxygens (including phenoxy) is 1. The van der Waals surface area contributed by atoms with Crippen molar-refractivity contribution in [2.24, 2.45) is 0 Å². The van der Waals surface area contributed by atoms with E-state index < -0.39 is 45.9 Å². The first kappa shape index (κ1) is 25.3. The van der Waals surface area contributed by atoms with Gasteiger partial charge in [0.1, 0.15) is 30.0 Å². The maximum Gasteiger partial charge on any atom is 0.318 e. The van der Waals surface area contributed by atoms with Crippen molar-refractivity contribution in [1.29, 1.82) is 0 Å². The maximum atomic E-state index is 14.4. The van der Waals surface area contributed by atoms with Crippen molar-refractivity contribution in [1.82, 2.24) is 24.6 Å². The van der Waals surface area contributed by atoms with E-state index in [1.807, 2.05) is 30.3 Å². The minimum Gasteiger partial charge on any atom is -0.436 e. The van der Waals surface area contributed by atoms with E-state index >= 15 is 0 Å². The van der Waals surface area contributed by atoms with Gasteiger partial charge in [0.2, 0.25) is 0 Å². The van der Waals surface area contributed by atoms with E-state index in [2.05, 4.69) is 20.0 Å². The average molecular weight is 532 g/mol. The molecule has 14 heteroatoms. The summed E-state index contributed by atoms with van der Waals surface area (Å²) in [5.41, 5.74) is 4.14. The number of nitrogens with two attached hydrogens (primary N) is 1. The zero-order valence-corrected chi connectivity index (χ0v) is 20.2. The minimum atomic E-state index is -3.01. The van der Waals surface area contributed by atoms with E-state index in [4.69, 9.17) is 19.5 Å². The molecule has 0 saturated carbocycles. The molecule has 4 unspecified atom stereocenters. The number of anilines is 1. The summed E-state index contributed by atoms with van der Waals surface area (Å²) < 4.78 is 47.4. The molecule has 1 aliphatic rings. The molecule has 1 aliphatic heterocycles. The second-order valence-electron chi connectivity index (χ2n) is 8.39. The second kappa shape index (κ2) is 10.6. The van der Waals surface area contributed by atoms with Gasteiger partial charge in [0, 0.05) is 6.42 Å². The van der Waals surface area contributed by atoms with Crippen LogP contribution in [0, 0.1) is 0 Å². The molecular weight excluding hydrogens is 509 g/mol. The highest BCUT2D eigenvalue weighted by Gasteiger charge is 2.54. The standard InChI is InChI=1S/C23H23F2N6O5P/c24-22(25)23(10-17(33)21(35-23)31-13-29-18-19(26)27-12-28-20(18)31)11-34-37(30-7-8-32)36-16-6-5-14-3-1-2-4-15(14)9-16/h1-6,8-9,12-13,17,21-22,30,33H,7,10-11H2,(H2,26,27,28). The van der Waals surface area contributed by atoms with Gasteiger partial charge < -0.3 is 29.4 Å². The van der Waals surface area contributed by atoms with Gasteiger partial charge in [0.25, 0.3) is 6.43 Å². The Hall–Kier alpha value is -3.35.